The highest BCUT2D eigenvalue weighted by molar-refractivity contribution is 9.10. The molecular weight excluding hydrogens is 392 g/mol. The lowest BCUT2D eigenvalue weighted by atomic mass is 10.1. The lowest BCUT2D eigenvalue weighted by Gasteiger charge is -2.09. The highest BCUT2D eigenvalue weighted by Gasteiger charge is 2.17. The minimum Gasteiger partial charge on any atom is -0.464 e. The fourth-order valence-electron chi connectivity index (χ4n) is 2.91. The van der Waals surface area contributed by atoms with Gasteiger partial charge in [-0.1, -0.05) is 52.3 Å². The van der Waals surface area contributed by atoms with Gasteiger partial charge in [-0.2, -0.15) is 0 Å². The Labute approximate surface area is 159 Å². The zero-order valence-corrected chi connectivity index (χ0v) is 15.6. The third kappa shape index (κ3) is 3.02. The molecule has 1 heterocycles. The maximum absolute atomic E-state index is 12.0. The quantitative estimate of drug-likeness (QED) is 0.436. The van der Waals surface area contributed by atoms with Gasteiger partial charge in [-0.05, 0) is 41.1 Å². The summed E-state index contributed by atoms with van der Waals surface area (Å²) in [5, 5.41) is 2.28. The second-order valence-electron chi connectivity index (χ2n) is 5.85. The molecule has 0 saturated heterocycles. The van der Waals surface area contributed by atoms with Crippen molar-refractivity contribution in [2.45, 2.75) is 0 Å². The van der Waals surface area contributed by atoms with Crippen molar-refractivity contribution >= 4 is 32.7 Å². The highest BCUT2D eigenvalue weighted by atomic mass is 79.9. The van der Waals surface area contributed by atoms with Crippen LogP contribution < -0.4 is 0 Å². The summed E-state index contributed by atoms with van der Waals surface area (Å²) in [6.07, 6.45) is 1.71. The molecule has 0 bridgehead atoms. The van der Waals surface area contributed by atoms with E-state index in [1.807, 2.05) is 47.0 Å². The molecule has 0 atom stereocenters. The van der Waals surface area contributed by atoms with E-state index in [9.17, 15) is 4.79 Å². The van der Waals surface area contributed by atoms with Crippen LogP contribution in [-0.2, 0) is 4.74 Å². The van der Waals surface area contributed by atoms with Gasteiger partial charge in [0.25, 0.3) is 0 Å². The smallest absolute Gasteiger partial charge is 0.358 e. The summed E-state index contributed by atoms with van der Waals surface area (Å²) >= 11 is 3.45. The first-order valence-corrected chi connectivity index (χ1v) is 8.88. The van der Waals surface area contributed by atoms with Gasteiger partial charge in [0.15, 0.2) is 5.69 Å². The van der Waals surface area contributed by atoms with Crippen LogP contribution in [-0.4, -0.2) is 22.6 Å². The van der Waals surface area contributed by atoms with Gasteiger partial charge in [-0.25, -0.2) is 9.78 Å². The fourth-order valence-corrected chi connectivity index (χ4v) is 3.18. The number of carbonyl (C=O) groups excluding carboxylic acids is 1. The van der Waals surface area contributed by atoms with Crippen molar-refractivity contribution in [3.63, 3.8) is 0 Å². The van der Waals surface area contributed by atoms with Crippen molar-refractivity contribution in [2.24, 2.45) is 0 Å². The summed E-state index contributed by atoms with van der Waals surface area (Å²) in [7, 11) is 1.36. The molecule has 0 N–H and O–H groups in total. The largest absolute Gasteiger partial charge is 0.464 e. The molecular formula is C21H15BrN2O2. The lowest BCUT2D eigenvalue weighted by molar-refractivity contribution is 0.0594. The molecule has 0 amide bonds. The van der Waals surface area contributed by atoms with E-state index in [0.717, 1.165) is 26.5 Å². The van der Waals surface area contributed by atoms with Crippen molar-refractivity contribution in [2.75, 3.05) is 7.11 Å². The normalized spacial score (nSPS) is 10.8. The molecule has 4 rings (SSSR count). The van der Waals surface area contributed by atoms with Crippen LogP contribution >= 0.6 is 15.9 Å². The molecule has 0 aliphatic rings. The third-order valence-electron chi connectivity index (χ3n) is 4.21. The standard InChI is InChI=1S/C21H15BrN2O2/c1-26-21(25)19-13-24(18-10-8-17(22)9-11-18)20(23-19)16-7-6-14-4-2-3-5-15(14)12-16/h2-13H,1H3. The summed E-state index contributed by atoms with van der Waals surface area (Å²) in [5.74, 6) is 0.237. The number of esters is 1. The number of hydrogen-bond acceptors (Lipinski definition) is 3. The van der Waals surface area contributed by atoms with E-state index in [2.05, 4.69) is 45.2 Å². The summed E-state index contributed by atoms with van der Waals surface area (Å²) in [6, 6.07) is 22.2. The molecule has 1 aromatic heterocycles. The number of fused-ring (bicyclic) bond motifs is 1. The Bertz CT molecular complexity index is 1100. The fraction of sp³-hybridized carbons (Fsp3) is 0.0476. The number of nitrogens with zero attached hydrogens (tertiary/aromatic N) is 2. The maximum Gasteiger partial charge on any atom is 0.358 e. The van der Waals surface area contributed by atoms with E-state index < -0.39 is 5.97 Å². The van der Waals surface area contributed by atoms with Gasteiger partial charge < -0.3 is 4.74 Å². The van der Waals surface area contributed by atoms with Crippen LogP contribution in [0.2, 0.25) is 0 Å². The molecule has 128 valence electrons. The molecule has 26 heavy (non-hydrogen) atoms. The molecule has 0 radical (unpaired) electrons. The monoisotopic (exact) mass is 406 g/mol. The molecule has 0 spiro atoms. The second-order valence-corrected chi connectivity index (χ2v) is 6.77. The summed E-state index contributed by atoms with van der Waals surface area (Å²) in [6.45, 7) is 0. The average Bonchev–Trinajstić information content (AvgIpc) is 3.13. The summed E-state index contributed by atoms with van der Waals surface area (Å²) < 4.78 is 7.74. The first-order chi connectivity index (χ1) is 12.7. The van der Waals surface area contributed by atoms with Crippen LogP contribution in [0.3, 0.4) is 0 Å². The molecule has 0 aliphatic heterocycles. The lowest BCUT2D eigenvalue weighted by Crippen LogP contribution is -2.01. The summed E-state index contributed by atoms with van der Waals surface area (Å²) in [5.41, 5.74) is 2.12. The van der Waals surface area contributed by atoms with Crippen molar-refractivity contribution in [3.05, 3.63) is 83.1 Å². The van der Waals surface area contributed by atoms with Crippen LogP contribution in [0.25, 0.3) is 27.8 Å². The molecule has 0 fully saturated rings. The Hall–Kier alpha value is -2.92. The van der Waals surface area contributed by atoms with Gasteiger partial charge in [-0.15, -0.1) is 0 Å². The number of ether oxygens (including phenoxy) is 1. The van der Waals surface area contributed by atoms with E-state index in [0.29, 0.717) is 5.82 Å². The Morgan fingerprint density at radius 1 is 1.00 bits per heavy atom. The number of benzene rings is 3. The van der Waals surface area contributed by atoms with Gasteiger partial charge >= 0.3 is 5.97 Å². The number of carbonyl (C=O) groups is 1. The minimum absolute atomic E-state index is 0.276. The molecule has 0 saturated carbocycles. The van der Waals surface area contributed by atoms with Crippen molar-refractivity contribution in [1.82, 2.24) is 9.55 Å². The Balaban J connectivity index is 1.91. The number of hydrogen-bond donors (Lipinski definition) is 0. The zero-order chi connectivity index (χ0) is 18.1. The summed E-state index contributed by atoms with van der Waals surface area (Å²) in [4.78, 5) is 16.5. The number of rotatable bonds is 3. The highest BCUT2D eigenvalue weighted by Crippen LogP contribution is 2.27. The predicted molar refractivity (Wildman–Crippen MR) is 106 cm³/mol. The van der Waals surface area contributed by atoms with Crippen LogP contribution in [0.4, 0.5) is 0 Å². The van der Waals surface area contributed by atoms with Gasteiger partial charge in [-0.3, -0.25) is 4.57 Å². The first-order valence-electron chi connectivity index (χ1n) is 8.08. The van der Waals surface area contributed by atoms with Crippen molar-refractivity contribution < 1.29 is 9.53 Å². The number of halogens is 1. The van der Waals surface area contributed by atoms with E-state index in [1.54, 1.807) is 6.20 Å². The predicted octanol–water partition coefficient (Wildman–Crippen LogP) is 5.24. The molecule has 5 heteroatoms. The molecule has 4 aromatic rings. The van der Waals surface area contributed by atoms with E-state index in [1.165, 1.54) is 7.11 Å². The molecule has 3 aromatic carbocycles. The van der Waals surface area contributed by atoms with Crippen molar-refractivity contribution in [3.8, 4) is 17.1 Å². The maximum atomic E-state index is 12.0. The van der Waals surface area contributed by atoms with Gasteiger partial charge in [0.1, 0.15) is 5.82 Å². The van der Waals surface area contributed by atoms with Gasteiger partial charge in [0.05, 0.1) is 7.11 Å². The molecule has 0 unspecified atom stereocenters. The minimum atomic E-state index is -0.456. The number of imidazole rings is 1. The van der Waals surface area contributed by atoms with Crippen LogP contribution in [0, 0.1) is 0 Å². The van der Waals surface area contributed by atoms with Crippen LogP contribution in [0.5, 0.6) is 0 Å². The third-order valence-corrected chi connectivity index (χ3v) is 4.74. The van der Waals surface area contributed by atoms with Crippen LogP contribution in [0.15, 0.2) is 77.4 Å². The average molecular weight is 407 g/mol. The molecule has 4 nitrogen and oxygen atoms in total. The van der Waals surface area contributed by atoms with E-state index in [4.69, 9.17) is 4.74 Å². The van der Waals surface area contributed by atoms with E-state index >= 15 is 0 Å². The van der Waals surface area contributed by atoms with Gasteiger partial charge in [0.2, 0.25) is 0 Å². The molecule has 0 aliphatic carbocycles. The first kappa shape index (κ1) is 16.5. The Morgan fingerprint density at radius 2 is 1.73 bits per heavy atom. The topological polar surface area (TPSA) is 44.1 Å². The van der Waals surface area contributed by atoms with Gasteiger partial charge in [0, 0.05) is 21.9 Å². The van der Waals surface area contributed by atoms with E-state index in [-0.39, 0.29) is 5.69 Å². The zero-order valence-electron chi connectivity index (χ0n) is 14.0. The van der Waals surface area contributed by atoms with Crippen molar-refractivity contribution in [1.29, 1.82) is 0 Å². The number of methoxy groups -OCH3 is 1. The Morgan fingerprint density at radius 3 is 2.46 bits per heavy atom. The second kappa shape index (κ2) is 6.77. The Kier molecular flexibility index (Phi) is 4.31. The SMILES string of the molecule is COC(=O)c1cn(-c2ccc(Br)cc2)c(-c2ccc3ccccc3c2)n1. The number of aromatic nitrogens is 2. The van der Waals surface area contributed by atoms with Crippen LogP contribution in [0.1, 0.15) is 10.5 Å².